The average molecular weight is 262 g/mol. The van der Waals surface area contributed by atoms with Crippen LogP contribution in [0.1, 0.15) is 4.88 Å². The second kappa shape index (κ2) is 5.30. The average Bonchev–Trinajstić information content (AvgIpc) is 2.93. The number of ether oxygens (including phenoxy) is 1. The molecule has 5 heteroatoms. The van der Waals surface area contributed by atoms with Crippen molar-refractivity contribution in [2.45, 2.75) is 5.72 Å². The first-order chi connectivity index (χ1) is 8.66. The van der Waals surface area contributed by atoms with Gasteiger partial charge in [-0.2, -0.15) is 0 Å². The van der Waals surface area contributed by atoms with E-state index in [1.165, 1.54) is 18.4 Å². The molecule has 2 aromatic rings. The first-order valence-electron chi connectivity index (χ1n) is 5.41. The third-order valence-electron chi connectivity index (χ3n) is 2.58. The molecule has 1 unspecified atom stereocenters. The lowest BCUT2D eigenvalue weighted by Crippen LogP contribution is -2.49. The number of methoxy groups -OCH3 is 1. The van der Waals surface area contributed by atoms with E-state index in [4.69, 9.17) is 10.5 Å². The van der Waals surface area contributed by atoms with Gasteiger partial charge < -0.3 is 10.1 Å². The molecule has 4 nitrogen and oxygen atoms in total. The number of thiophene rings is 1. The minimum atomic E-state index is -1.45. The van der Waals surface area contributed by atoms with Crippen molar-refractivity contribution in [3.63, 3.8) is 0 Å². The Balaban J connectivity index is 2.21. The SMILES string of the molecule is COC(N)(C(=O)Nc1ccccc1)c1cccs1. The predicted octanol–water partition coefficient (Wildman–Crippen LogP) is 2.14. The van der Waals surface area contributed by atoms with Crippen LogP contribution in [0.3, 0.4) is 0 Å². The van der Waals surface area contributed by atoms with Gasteiger partial charge in [0.25, 0.3) is 5.91 Å². The number of anilines is 1. The number of para-hydroxylation sites is 1. The number of benzene rings is 1. The van der Waals surface area contributed by atoms with Gasteiger partial charge in [0.15, 0.2) is 0 Å². The maximum Gasteiger partial charge on any atom is 0.277 e. The van der Waals surface area contributed by atoms with Crippen LogP contribution in [0.15, 0.2) is 47.8 Å². The number of nitrogens with one attached hydrogen (secondary N) is 1. The quantitative estimate of drug-likeness (QED) is 0.830. The fourth-order valence-electron chi connectivity index (χ4n) is 1.54. The number of carbonyl (C=O) groups is 1. The summed E-state index contributed by atoms with van der Waals surface area (Å²) in [6.45, 7) is 0. The van der Waals surface area contributed by atoms with Crippen molar-refractivity contribution < 1.29 is 9.53 Å². The summed E-state index contributed by atoms with van der Waals surface area (Å²) in [7, 11) is 1.42. The number of amides is 1. The Morgan fingerprint density at radius 2 is 2.00 bits per heavy atom. The second-order valence-electron chi connectivity index (χ2n) is 3.74. The van der Waals surface area contributed by atoms with Crippen LogP contribution >= 0.6 is 11.3 Å². The number of rotatable bonds is 4. The Labute approximate surface area is 109 Å². The summed E-state index contributed by atoms with van der Waals surface area (Å²) in [5, 5.41) is 4.59. The molecule has 0 saturated heterocycles. The van der Waals surface area contributed by atoms with Crippen molar-refractivity contribution in [3.8, 4) is 0 Å². The van der Waals surface area contributed by atoms with E-state index in [0.717, 1.165) is 0 Å². The van der Waals surface area contributed by atoms with Crippen molar-refractivity contribution in [3.05, 3.63) is 52.7 Å². The van der Waals surface area contributed by atoms with Crippen molar-refractivity contribution in [1.29, 1.82) is 0 Å². The number of hydrogen-bond donors (Lipinski definition) is 2. The summed E-state index contributed by atoms with van der Waals surface area (Å²) in [5.41, 5.74) is 5.26. The van der Waals surface area contributed by atoms with Crippen molar-refractivity contribution in [1.82, 2.24) is 0 Å². The second-order valence-corrected chi connectivity index (χ2v) is 4.68. The Morgan fingerprint density at radius 3 is 2.56 bits per heavy atom. The highest BCUT2D eigenvalue weighted by Crippen LogP contribution is 2.25. The lowest BCUT2D eigenvalue weighted by atomic mass is 10.1. The minimum Gasteiger partial charge on any atom is -0.351 e. The fourth-order valence-corrected chi connectivity index (χ4v) is 2.35. The standard InChI is InChI=1S/C13H14N2O2S/c1-17-13(14,11-8-5-9-18-11)12(16)15-10-6-3-2-4-7-10/h2-9H,14H2,1H3,(H,15,16). The van der Waals surface area contributed by atoms with Crippen LogP contribution in [0.25, 0.3) is 0 Å². The van der Waals surface area contributed by atoms with Crippen LogP contribution < -0.4 is 11.1 Å². The first kappa shape index (κ1) is 12.8. The van der Waals surface area contributed by atoms with Gasteiger partial charge >= 0.3 is 0 Å². The van der Waals surface area contributed by atoms with E-state index < -0.39 is 11.6 Å². The highest BCUT2D eigenvalue weighted by molar-refractivity contribution is 7.10. The van der Waals surface area contributed by atoms with Gasteiger partial charge in [-0.15, -0.1) is 11.3 Å². The molecule has 1 heterocycles. The van der Waals surface area contributed by atoms with E-state index in [9.17, 15) is 4.79 Å². The summed E-state index contributed by atoms with van der Waals surface area (Å²) in [5.74, 6) is -0.390. The number of hydrogen-bond acceptors (Lipinski definition) is 4. The lowest BCUT2D eigenvalue weighted by Gasteiger charge is -2.25. The maximum absolute atomic E-state index is 12.2. The smallest absolute Gasteiger partial charge is 0.277 e. The molecule has 1 amide bonds. The molecule has 0 aliphatic rings. The maximum atomic E-state index is 12.2. The number of carbonyl (C=O) groups excluding carboxylic acids is 1. The van der Waals surface area contributed by atoms with Crippen molar-refractivity contribution >= 4 is 22.9 Å². The summed E-state index contributed by atoms with van der Waals surface area (Å²) in [4.78, 5) is 12.9. The highest BCUT2D eigenvalue weighted by Gasteiger charge is 2.37. The Kier molecular flexibility index (Phi) is 3.76. The summed E-state index contributed by atoms with van der Waals surface area (Å²) in [6, 6.07) is 12.7. The molecule has 0 bridgehead atoms. The van der Waals surface area contributed by atoms with Crippen LogP contribution in [0.2, 0.25) is 0 Å². The molecular weight excluding hydrogens is 248 g/mol. The lowest BCUT2D eigenvalue weighted by molar-refractivity contribution is -0.138. The van der Waals surface area contributed by atoms with Crippen LogP contribution in [0.5, 0.6) is 0 Å². The van der Waals surface area contributed by atoms with Crippen molar-refractivity contribution in [2.24, 2.45) is 5.73 Å². The van der Waals surface area contributed by atoms with Gasteiger partial charge in [0.05, 0.1) is 4.88 Å². The molecule has 0 aliphatic heterocycles. The molecule has 1 aromatic carbocycles. The normalized spacial score (nSPS) is 13.9. The van der Waals surface area contributed by atoms with Gasteiger partial charge in [0.2, 0.25) is 5.72 Å². The highest BCUT2D eigenvalue weighted by atomic mass is 32.1. The van der Waals surface area contributed by atoms with Gasteiger partial charge in [-0.3, -0.25) is 10.5 Å². The minimum absolute atomic E-state index is 0.390. The number of nitrogens with two attached hydrogens (primary N) is 1. The van der Waals surface area contributed by atoms with E-state index in [0.29, 0.717) is 10.6 Å². The molecule has 3 N–H and O–H groups in total. The molecule has 1 aromatic heterocycles. The molecule has 0 radical (unpaired) electrons. The van der Waals surface area contributed by atoms with Gasteiger partial charge in [-0.05, 0) is 23.6 Å². The monoisotopic (exact) mass is 262 g/mol. The van der Waals surface area contributed by atoms with Gasteiger partial charge in [-0.25, -0.2) is 0 Å². The van der Waals surface area contributed by atoms with Gasteiger partial charge in [0.1, 0.15) is 0 Å². The molecule has 0 aliphatic carbocycles. The molecule has 0 spiro atoms. The van der Waals surface area contributed by atoms with E-state index in [-0.39, 0.29) is 0 Å². The van der Waals surface area contributed by atoms with Crippen molar-refractivity contribution in [2.75, 3.05) is 12.4 Å². The third-order valence-corrected chi connectivity index (χ3v) is 3.56. The Bertz CT molecular complexity index is 513. The predicted molar refractivity (Wildman–Crippen MR) is 72.3 cm³/mol. The Morgan fingerprint density at radius 1 is 1.28 bits per heavy atom. The first-order valence-corrected chi connectivity index (χ1v) is 6.29. The molecule has 0 fully saturated rings. The van der Waals surface area contributed by atoms with Crippen LogP contribution in [-0.2, 0) is 15.3 Å². The van der Waals surface area contributed by atoms with Gasteiger partial charge in [-0.1, -0.05) is 24.3 Å². The summed E-state index contributed by atoms with van der Waals surface area (Å²) < 4.78 is 5.19. The largest absolute Gasteiger partial charge is 0.351 e. The topological polar surface area (TPSA) is 64.3 Å². The molecule has 94 valence electrons. The van der Waals surface area contributed by atoms with E-state index in [1.807, 2.05) is 29.6 Å². The van der Waals surface area contributed by atoms with E-state index in [1.54, 1.807) is 18.2 Å². The zero-order valence-electron chi connectivity index (χ0n) is 9.92. The van der Waals surface area contributed by atoms with Crippen LogP contribution in [0.4, 0.5) is 5.69 Å². The van der Waals surface area contributed by atoms with Crippen LogP contribution in [-0.4, -0.2) is 13.0 Å². The zero-order valence-corrected chi connectivity index (χ0v) is 10.7. The summed E-state index contributed by atoms with van der Waals surface area (Å²) in [6.07, 6.45) is 0. The third kappa shape index (κ3) is 2.43. The molecule has 2 rings (SSSR count). The van der Waals surface area contributed by atoms with E-state index in [2.05, 4.69) is 5.32 Å². The van der Waals surface area contributed by atoms with E-state index >= 15 is 0 Å². The molecular formula is C13H14N2O2S. The van der Waals surface area contributed by atoms with Crippen LogP contribution in [0, 0.1) is 0 Å². The molecule has 1 atom stereocenters. The summed E-state index contributed by atoms with van der Waals surface area (Å²) >= 11 is 1.38. The Hall–Kier alpha value is -1.69. The molecule has 0 saturated carbocycles. The zero-order chi connectivity index (χ0) is 13.0. The van der Waals surface area contributed by atoms with Gasteiger partial charge in [0, 0.05) is 12.8 Å². The molecule has 18 heavy (non-hydrogen) atoms. The fraction of sp³-hybridized carbons (Fsp3) is 0.154.